The molecule has 0 amide bonds. The van der Waals surface area contributed by atoms with Crippen LogP contribution >= 0.6 is 22.9 Å². The maximum absolute atomic E-state index is 13.2. The summed E-state index contributed by atoms with van der Waals surface area (Å²) < 4.78 is 26.7. The van der Waals surface area contributed by atoms with Crippen LogP contribution in [0.3, 0.4) is 0 Å². The molecule has 0 atom stereocenters. The third-order valence-electron chi connectivity index (χ3n) is 1.88. The third kappa shape index (κ3) is 1.23. The van der Waals surface area contributed by atoms with Crippen molar-refractivity contribution in [3.05, 3.63) is 33.7 Å². The quantitative estimate of drug-likeness (QED) is 0.583. The van der Waals surface area contributed by atoms with Gasteiger partial charge in [-0.3, -0.25) is 0 Å². The van der Waals surface area contributed by atoms with Crippen molar-refractivity contribution < 1.29 is 8.78 Å². The molecule has 1 aromatic carbocycles. The Hall–Kier alpha value is -0.670. The van der Waals surface area contributed by atoms with Crippen molar-refractivity contribution in [1.29, 1.82) is 0 Å². The van der Waals surface area contributed by atoms with Gasteiger partial charge in [-0.2, -0.15) is 0 Å². The molecule has 0 radical (unpaired) electrons. The lowest BCUT2D eigenvalue weighted by molar-refractivity contribution is 0.592. The van der Waals surface area contributed by atoms with E-state index >= 15 is 0 Å². The first-order valence-corrected chi connectivity index (χ1v) is 4.88. The maximum atomic E-state index is 13.2. The van der Waals surface area contributed by atoms with Gasteiger partial charge in [-0.15, -0.1) is 11.3 Å². The highest BCUT2D eigenvalue weighted by Gasteiger charge is 2.13. The zero-order chi connectivity index (χ0) is 9.59. The van der Waals surface area contributed by atoms with E-state index in [0.29, 0.717) is 10.1 Å². The van der Waals surface area contributed by atoms with E-state index < -0.39 is 11.6 Å². The molecule has 0 spiro atoms. The maximum Gasteiger partial charge on any atom is 0.146 e. The molecular weight excluding hydrogens is 214 g/mol. The molecule has 0 bridgehead atoms. The van der Waals surface area contributed by atoms with Crippen LogP contribution in [0.15, 0.2) is 11.4 Å². The lowest BCUT2D eigenvalue weighted by Crippen LogP contribution is -1.83. The average Bonchev–Trinajstić information content (AvgIpc) is 2.44. The molecule has 1 heterocycles. The molecule has 0 aliphatic carbocycles. The molecule has 2 aromatic rings. The summed E-state index contributed by atoms with van der Waals surface area (Å²) in [6.07, 6.45) is 0. The second kappa shape index (κ2) is 2.93. The molecule has 0 saturated heterocycles. The number of hydrogen-bond acceptors (Lipinski definition) is 1. The van der Waals surface area contributed by atoms with Crippen molar-refractivity contribution in [2.75, 3.05) is 0 Å². The van der Waals surface area contributed by atoms with E-state index in [1.807, 2.05) is 0 Å². The Kier molecular flexibility index (Phi) is 2.00. The molecular formula is C9H5ClF2S. The highest BCUT2D eigenvalue weighted by molar-refractivity contribution is 7.18. The molecule has 0 saturated carbocycles. The van der Waals surface area contributed by atoms with Crippen LogP contribution in [0.1, 0.15) is 5.56 Å². The minimum absolute atomic E-state index is 0.00880. The largest absolute Gasteiger partial charge is 0.206 e. The van der Waals surface area contributed by atoms with Gasteiger partial charge in [-0.05, 0) is 17.9 Å². The molecule has 0 N–H and O–H groups in total. The molecule has 13 heavy (non-hydrogen) atoms. The van der Waals surface area contributed by atoms with Crippen LogP contribution in [0.5, 0.6) is 0 Å². The van der Waals surface area contributed by atoms with E-state index in [9.17, 15) is 8.78 Å². The number of halogens is 3. The first kappa shape index (κ1) is 8.91. The third-order valence-corrected chi connectivity index (χ3v) is 3.47. The molecule has 2 rings (SSSR count). The summed E-state index contributed by atoms with van der Waals surface area (Å²) in [4.78, 5) is 0. The molecule has 68 valence electrons. The molecule has 0 unspecified atom stereocenters. The highest BCUT2D eigenvalue weighted by atomic mass is 35.5. The van der Waals surface area contributed by atoms with Crippen molar-refractivity contribution >= 4 is 33.0 Å². The molecule has 0 aliphatic heterocycles. The van der Waals surface area contributed by atoms with Gasteiger partial charge in [-0.1, -0.05) is 11.6 Å². The number of fused-ring (bicyclic) bond motifs is 1. The normalized spacial score (nSPS) is 11.1. The van der Waals surface area contributed by atoms with Crippen LogP contribution in [0.4, 0.5) is 8.78 Å². The zero-order valence-corrected chi connectivity index (χ0v) is 8.27. The van der Waals surface area contributed by atoms with Crippen LogP contribution in [0.25, 0.3) is 10.1 Å². The Morgan fingerprint density at radius 1 is 1.31 bits per heavy atom. The molecule has 4 heteroatoms. The number of rotatable bonds is 0. The fourth-order valence-corrected chi connectivity index (χ4v) is 2.53. The standard InChI is InChI=1S/C9H5ClF2S/c1-4-3-13-9-7(4)5(11)2-6(12)8(9)10/h2-3H,1H3. The Balaban J connectivity index is 2.99. The molecule has 0 aliphatic rings. The Morgan fingerprint density at radius 3 is 2.69 bits per heavy atom. The first-order valence-electron chi connectivity index (χ1n) is 3.62. The summed E-state index contributed by atoms with van der Waals surface area (Å²) in [5.74, 6) is -1.25. The minimum atomic E-state index is -0.700. The van der Waals surface area contributed by atoms with Crippen LogP contribution < -0.4 is 0 Å². The van der Waals surface area contributed by atoms with E-state index in [-0.39, 0.29) is 5.02 Å². The van der Waals surface area contributed by atoms with E-state index in [1.165, 1.54) is 11.3 Å². The predicted molar refractivity (Wildman–Crippen MR) is 51.5 cm³/mol. The van der Waals surface area contributed by atoms with Crippen LogP contribution in [0, 0.1) is 18.6 Å². The second-order valence-electron chi connectivity index (χ2n) is 2.78. The van der Waals surface area contributed by atoms with Gasteiger partial charge in [0.05, 0.1) is 9.72 Å². The number of thiophene rings is 1. The zero-order valence-electron chi connectivity index (χ0n) is 6.70. The molecule has 0 fully saturated rings. The predicted octanol–water partition coefficient (Wildman–Crippen LogP) is 4.14. The van der Waals surface area contributed by atoms with Crippen LogP contribution in [-0.2, 0) is 0 Å². The van der Waals surface area contributed by atoms with Crippen molar-refractivity contribution in [3.8, 4) is 0 Å². The Labute approximate surface area is 82.8 Å². The second-order valence-corrected chi connectivity index (χ2v) is 4.03. The van der Waals surface area contributed by atoms with Gasteiger partial charge in [0.1, 0.15) is 11.6 Å². The summed E-state index contributed by atoms with van der Waals surface area (Å²) in [5.41, 5.74) is 0.791. The molecule has 1 aromatic heterocycles. The monoisotopic (exact) mass is 218 g/mol. The smallest absolute Gasteiger partial charge is 0.146 e. The summed E-state index contributed by atoms with van der Waals surface area (Å²) in [7, 11) is 0. The van der Waals surface area contributed by atoms with Gasteiger partial charge in [0, 0.05) is 11.5 Å². The van der Waals surface area contributed by atoms with Crippen LogP contribution in [-0.4, -0.2) is 0 Å². The van der Waals surface area contributed by atoms with Crippen molar-refractivity contribution in [2.45, 2.75) is 6.92 Å². The number of hydrogen-bond donors (Lipinski definition) is 0. The summed E-state index contributed by atoms with van der Waals surface area (Å²) in [5, 5.41) is 2.20. The van der Waals surface area contributed by atoms with Gasteiger partial charge in [0.15, 0.2) is 0 Å². The van der Waals surface area contributed by atoms with Gasteiger partial charge in [0.25, 0.3) is 0 Å². The lowest BCUT2D eigenvalue weighted by Gasteiger charge is -1.98. The van der Waals surface area contributed by atoms with Gasteiger partial charge < -0.3 is 0 Å². The van der Waals surface area contributed by atoms with E-state index in [4.69, 9.17) is 11.6 Å². The van der Waals surface area contributed by atoms with Crippen LogP contribution in [0.2, 0.25) is 5.02 Å². The topological polar surface area (TPSA) is 0 Å². The average molecular weight is 219 g/mol. The summed E-state index contributed by atoms with van der Waals surface area (Å²) in [6, 6.07) is 0.824. The fourth-order valence-electron chi connectivity index (χ4n) is 1.26. The van der Waals surface area contributed by atoms with E-state index in [1.54, 1.807) is 12.3 Å². The summed E-state index contributed by atoms with van der Waals surface area (Å²) in [6.45, 7) is 1.77. The highest BCUT2D eigenvalue weighted by Crippen LogP contribution is 2.35. The Morgan fingerprint density at radius 2 is 2.00 bits per heavy atom. The summed E-state index contributed by atoms with van der Waals surface area (Å²) >= 11 is 6.94. The van der Waals surface area contributed by atoms with E-state index in [0.717, 1.165) is 11.6 Å². The Bertz CT molecular complexity index is 476. The van der Waals surface area contributed by atoms with Gasteiger partial charge in [0.2, 0.25) is 0 Å². The first-order chi connectivity index (χ1) is 6.11. The van der Waals surface area contributed by atoms with Crippen molar-refractivity contribution in [2.24, 2.45) is 0 Å². The van der Waals surface area contributed by atoms with Gasteiger partial charge in [-0.25, -0.2) is 8.78 Å². The van der Waals surface area contributed by atoms with E-state index in [2.05, 4.69) is 0 Å². The van der Waals surface area contributed by atoms with Crippen molar-refractivity contribution in [1.82, 2.24) is 0 Å². The number of benzene rings is 1. The van der Waals surface area contributed by atoms with Gasteiger partial charge >= 0.3 is 0 Å². The number of aryl methyl sites for hydroxylation is 1. The van der Waals surface area contributed by atoms with Crippen molar-refractivity contribution in [3.63, 3.8) is 0 Å². The SMILES string of the molecule is Cc1csc2c(Cl)c(F)cc(F)c12. The molecule has 0 nitrogen and oxygen atoms in total. The lowest BCUT2D eigenvalue weighted by atomic mass is 10.2. The fraction of sp³-hybridized carbons (Fsp3) is 0.111. The minimum Gasteiger partial charge on any atom is -0.206 e.